The van der Waals surface area contributed by atoms with Gasteiger partial charge in [-0.2, -0.15) is 0 Å². The predicted molar refractivity (Wildman–Crippen MR) is 123 cm³/mol. The molecule has 9 heteroatoms. The highest BCUT2D eigenvalue weighted by molar-refractivity contribution is 5.97. The van der Waals surface area contributed by atoms with Crippen molar-refractivity contribution in [1.82, 2.24) is 15.7 Å². The van der Waals surface area contributed by atoms with Crippen LogP contribution in [0.2, 0.25) is 0 Å². The normalized spacial score (nSPS) is 14.0. The molecule has 0 saturated carbocycles. The van der Waals surface area contributed by atoms with Crippen LogP contribution in [-0.2, 0) is 9.59 Å². The Morgan fingerprint density at radius 3 is 2.09 bits per heavy atom. The van der Waals surface area contributed by atoms with Crippen molar-refractivity contribution >= 4 is 23.4 Å². The smallest absolute Gasteiger partial charge is 0.267 e. The zero-order valence-corrected chi connectivity index (χ0v) is 18.1. The summed E-state index contributed by atoms with van der Waals surface area (Å²) in [5, 5.41) is 14.0. The minimum absolute atomic E-state index is 0.0189. The van der Waals surface area contributed by atoms with Gasteiger partial charge in [-0.15, -0.1) is 0 Å². The Bertz CT molecular complexity index is 1040. The van der Waals surface area contributed by atoms with E-state index >= 15 is 0 Å². The van der Waals surface area contributed by atoms with Gasteiger partial charge in [-0.25, -0.2) is 5.48 Å². The SMILES string of the molecule is NC[C@H](NC(=O)c1ccc(C#Cc2ccc(NC(=O)CN3CCCC3)cc2)cc1)C(=O)NO. The summed E-state index contributed by atoms with van der Waals surface area (Å²) in [5.74, 6) is 4.77. The van der Waals surface area contributed by atoms with E-state index in [0.29, 0.717) is 17.7 Å². The van der Waals surface area contributed by atoms with Crippen molar-refractivity contribution in [1.29, 1.82) is 0 Å². The molecule has 9 nitrogen and oxygen atoms in total. The number of hydroxylamine groups is 1. The van der Waals surface area contributed by atoms with Crippen molar-refractivity contribution in [2.45, 2.75) is 18.9 Å². The Balaban J connectivity index is 1.54. The summed E-state index contributed by atoms with van der Waals surface area (Å²) < 4.78 is 0. The second-order valence-corrected chi connectivity index (χ2v) is 7.67. The Morgan fingerprint density at radius 1 is 0.970 bits per heavy atom. The highest BCUT2D eigenvalue weighted by Crippen LogP contribution is 2.11. The highest BCUT2D eigenvalue weighted by atomic mass is 16.5. The zero-order valence-electron chi connectivity index (χ0n) is 18.1. The summed E-state index contributed by atoms with van der Waals surface area (Å²) in [7, 11) is 0. The molecule has 1 atom stereocenters. The molecule has 1 fully saturated rings. The first-order valence-electron chi connectivity index (χ1n) is 10.7. The van der Waals surface area contributed by atoms with E-state index in [-0.39, 0.29) is 12.5 Å². The number of nitrogens with zero attached hydrogens (tertiary/aromatic N) is 1. The lowest BCUT2D eigenvalue weighted by molar-refractivity contribution is -0.130. The third-order valence-corrected chi connectivity index (χ3v) is 5.20. The first-order valence-corrected chi connectivity index (χ1v) is 10.7. The summed E-state index contributed by atoms with van der Waals surface area (Å²) in [4.78, 5) is 37.9. The first kappa shape index (κ1) is 23.9. The molecule has 6 N–H and O–H groups in total. The van der Waals surface area contributed by atoms with Crippen LogP contribution in [-0.4, -0.2) is 60.0 Å². The largest absolute Gasteiger partial charge is 0.339 e. The van der Waals surface area contributed by atoms with Gasteiger partial charge in [0, 0.05) is 28.9 Å². The fourth-order valence-electron chi connectivity index (χ4n) is 3.38. The van der Waals surface area contributed by atoms with Gasteiger partial charge in [0.15, 0.2) is 0 Å². The van der Waals surface area contributed by atoms with Gasteiger partial charge in [0.1, 0.15) is 6.04 Å². The molecule has 3 amide bonds. The van der Waals surface area contributed by atoms with Crippen LogP contribution in [0.5, 0.6) is 0 Å². The maximum Gasteiger partial charge on any atom is 0.267 e. The van der Waals surface area contributed by atoms with E-state index in [0.717, 1.165) is 37.2 Å². The molecule has 172 valence electrons. The number of hydrogen-bond donors (Lipinski definition) is 5. The van der Waals surface area contributed by atoms with Gasteiger partial charge in [0.2, 0.25) is 5.91 Å². The number of nitrogens with two attached hydrogens (primary N) is 1. The van der Waals surface area contributed by atoms with Crippen molar-refractivity contribution in [2.24, 2.45) is 5.73 Å². The van der Waals surface area contributed by atoms with Crippen molar-refractivity contribution < 1.29 is 19.6 Å². The molecule has 0 aliphatic carbocycles. The lowest BCUT2D eigenvalue weighted by atomic mass is 10.1. The van der Waals surface area contributed by atoms with Gasteiger partial charge in [-0.1, -0.05) is 11.8 Å². The number of amides is 3. The molecule has 0 bridgehead atoms. The second kappa shape index (κ2) is 11.8. The summed E-state index contributed by atoms with van der Waals surface area (Å²) in [6.45, 7) is 2.21. The van der Waals surface area contributed by atoms with Crippen molar-refractivity contribution in [3.63, 3.8) is 0 Å². The Labute approximate surface area is 192 Å². The van der Waals surface area contributed by atoms with Crippen molar-refractivity contribution in [3.05, 3.63) is 65.2 Å². The number of likely N-dealkylation sites (tertiary alicyclic amines) is 1. The lowest BCUT2D eigenvalue weighted by Gasteiger charge is -2.14. The van der Waals surface area contributed by atoms with Crippen LogP contribution < -0.4 is 21.8 Å². The predicted octanol–water partition coefficient (Wildman–Crippen LogP) is 0.683. The van der Waals surface area contributed by atoms with Crippen molar-refractivity contribution in [3.8, 4) is 11.8 Å². The van der Waals surface area contributed by atoms with E-state index in [2.05, 4.69) is 27.4 Å². The van der Waals surface area contributed by atoms with Gasteiger partial charge < -0.3 is 16.4 Å². The number of rotatable bonds is 7. The first-order chi connectivity index (χ1) is 16.0. The number of nitrogens with one attached hydrogen (secondary N) is 3. The number of carbonyl (C=O) groups is 3. The third-order valence-electron chi connectivity index (χ3n) is 5.20. The van der Waals surface area contributed by atoms with Gasteiger partial charge in [-0.3, -0.25) is 24.5 Å². The molecule has 0 radical (unpaired) electrons. The Morgan fingerprint density at radius 2 is 1.55 bits per heavy atom. The standard InChI is InChI=1S/C24H27N5O4/c25-15-21(24(32)28-33)27-23(31)19-9-5-17(6-10-19)3-4-18-7-11-20(12-8-18)26-22(30)16-29-13-1-2-14-29/h5-12,21,33H,1-2,13-16,25H2,(H,26,30)(H,27,31)(H,28,32)/t21-/m0/s1. The quantitative estimate of drug-likeness (QED) is 0.240. The molecule has 1 aliphatic heterocycles. The van der Waals surface area contributed by atoms with Crippen molar-refractivity contribution in [2.75, 3.05) is 31.5 Å². The van der Waals surface area contributed by atoms with Crippen LogP contribution in [0.3, 0.4) is 0 Å². The molecular formula is C24H27N5O4. The minimum Gasteiger partial charge on any atom is -0.339 e. The van der Waals surface area contributed by atoms with E-state index in [1.807, 2.05) is 24.3 Å². The topological polar surface area (TPSA) is 137 Å². The summed E-state index contributed by atoms with van der Waals surface area (Å²) >= 11 is 0. The Hall–Kier alpha value is -3.71. The molecule has 0 aromatic heterocycles. The fraction of sp³-hybridized carbons (Fsp3) is 0.292. The van der Waals surface area contributed by atoms with Crippen LogP contribution in [0.1, 0.15) is 34.3 Å². The van der Waals surface area contributed by atoms with Gasteiger partial charge in [0.05, 0.1) is 6.54 Å². The molecule has 1 aliphatic rings. The van der Waals surface area contributed by atoms with Crippen LogP contribution in [0, 0.1) is 11.8 Å². The molecular weight excluding hydrogens is 422 g/mol. The number of hydrogen-bond acceptors (Lipinski definition) is 6. The summed E-state index contributed by atoms with van der Waals surface area (Å²) in [6, 6.07) is 12.8. The van der Waals surface area contributed by atoms with Gasteiger partial charge >= 0.3 is 0 Å². The van der Waals surface area contributed by atoms with E-state index in [4.69, 9.17) is 10.9 Å². The zero-order chi connectivity index (χ0) is 23.6. The van der Waals surface area contributed by atoms with Crippen LogP contribution in [0.15, 0.2) is 48.5 Å². The minimum atomic E-state index is -1.03. The number of carbonyl (C=O) groups excluding carboxylic acids is 3. The molecule has 2 aromatic rings. The highest BCUT2D eigenvalue weighted by Gasteiger charge is 2.19. The molecule has 33 heavy (non-hydrogen) atoms. The van der Waals surface area contributed by atoms with Gasteiger partial charge in [-0.05, 0) is 74.5 Å². The van der Waals surface area contributed by atoms with Crippen LogP contribution in [0.25, 0.3) is 0 Å². The van der Waals surface area contributed by atoms with E-state index in [1.165, 1.54) is 5.48 Å². The third kappa shape index (κ3) is 7.15. The van der Waals surface area contributed by atoms with E-state index in [1.54, 1.807) is 24.3 Å². The fourth-order valence-corrected chi connectivity index (χ4v) is 3.38. The second-order valence-electron chi connectivity index (χ2n) is 7.67. The van der Waals surface area contributed by atoms with E-state index in [9.17, 15) is 14.4 Å². The number of benzene rings is 2. The summed E-state index contributed by atoms with van der Waals surface area (Å²) in [5.41, 5.74) is 9.45. The monoisotopic (exact) mass is 449 g/mol. The lowest BCUT2D eigenvalue weighted by Crippen LogP contribution is -2.50. The average molecular weight is 450 g/mol. The van der Waals surface area contributed by atoms with Crippen LogP contribution in [0.4, 0.5) is 5.69 Å². The molecule has 1 heterocycles. The molecule has 0 unspecified atom stereocenters. The summed E-state index contributed by atoms with van der Waals surface area (Å²) in [6.07, 6.45) is 2.29. The molecule has 2 aromatic carbocycles. The molecule has 0 spiro atoms. The Kier molecular flexibility index (Phi) is 8.55. The number of anilines is 1. The molecule has 3 rings (SSSR count). The average Bonchev–Trinajstić information content (AvgIpc) is 3.34. The van der Waals surface area contributed by atoms with E-state index < -0.39 is 17.9 Å². The molecule has 1 saturated heterocycles. The van der Waals surface area contributed by atoms with Gasteiger partial charge in [0.25, 0.3) is 11.8 Å². The van der Waals surface area contributed by atoms with Crippen LogP contribution >= 0.6 is 0 Å². The maximum atomic E-state index is 12.2. The maximum absolute atomic E-state index is 12.2.